The summed E-state index contributed by atoms with van der Waals surface area (Å²) in [6, 6.07) is 0. The zero-order valence-corrected chi connectivity index (χ0v) is 7.37. The Labute approximate surface area is 71.5 Å². The van der Waals surface area contributed by atoms with Crippen molar-refractivity contribution in [3.05, 3.63) is 0 Å². The summed E-state index contributed by atoms with van der Waals surface area (Å²) in [5.41, 5.74) is 0. The Bertz CT molecular complexity index is 164. The molecule has 0 aliphatic rings. The number of aliphatic carboxylic acids is 1. The smallest absolute Gasteiger partial charge is 0.306 e. The van der Waals surface area contributed by atoms with Gasteiger partial charge in [0, 0.05) is 6.42 Å². The van der Waals surface area contributed by atoms with Crippen molar-refractivity contribution < 1.29 is 19.4 Å². The summed E-state index contributed by atoms with van der Waals surface area (Å²) in [5, 5.41) is 8.47. The Morgan fingerprint density at radius 3 is 2.50 bits per heavy atom. The SMILES string of the molecule is CCOC(=O)CCC(C)C(=O)O. The molecule has 0 aliphatic carbocycles. The van der Waals surface area contributed by atoms with Gasteiger partial charge in [-0.3, -0.25) is 9.59 Å². The maximum absolute atomic E-state index is 10.8. The number of ether oxygens (including phenoxy) is 1. The van der Waals surface area contributed by atoms with E-state index in [1.165, 1.54) is 0 Å². The van der Waals surface area contributed by atoms with Crippen LogP contribution in [0.5, 0.6) is 0 Å². The van der Waals surface area contributed by atoms with Gasteiger partial charge < -0.3 is 9.84 Å². The molecule has 4 nitrogen and oxygen atoms in total. The van der Waals surface area contributed by atoms with Gasteiger partial charge in [-0.1, -0.05) is 6.92 Å². The summed E-state index contributed by atoms with van der Waals surface area (Å²) in [4.78, 5) is 21.1. The van der Waals surface area contributed by atoms with Crippen LogP contribution in [0, 0.1) is 5.92 Å². The van der Waals surface area contributed by atoms with Crippen LogP contribution in [-0.2, 0) is 14.3 Å². The standard InChI is InChI=1S/C8H14O4/c1-3-12-7(9)5-4-6(2)8(10)11/h6H,3-5H2,1-2H3,(H,10,11). The van der Waals surface area contributed by atoms with E-state index in [2.05, 4.69) is 4.74 Å². The van der Waals surface area contributed by atoms with E-state index in [1.54, 1.807) is 13.8 Å². The molecule has 0 heterocycles. The van der Waals surface area contributed by atoms with Crippen LogP contribution in [0.15, 0.2) is 0 Å². The molecule has 70 valence electrons. The van der Waals surface area contributed by atoms with E-state index in [0.717, 1.165) is 0 Å². The third-order valence-electron chi connectivity index (χ3n) is 1.51. The van der Waals surface area contributed by atoms with Crippen molar-refractivity contribution in [2.75, 3.05) is 6.61 Å². The summed E-state index contributed by atoms with van der Waals surface area (Å²) in [6.45, 7) is 3.64. The van der Waals surface area contributed by atoms with E-state index in [1.807, 2.05) is 0 Å². The minimum atomic E-state index is -0.876. The van der Waals surface area contributed by atoms with Crippen LogP contribution in [-0.4, -0.2) is 23.7 Å². The lowest BCUT2D eigenvalue weighted by Crippen LogP contribution is -2.12. The number of rotatable bonds is 5. The van der Waals surface area contributed by atoms with Gasteiger partial charge in [0.2, 0.25) is 0 Å². The zero-order valence-electron chi connectivity index (χ0n) is 7.37. The molecule has 0 bridgehead atoms. The first-order valence-corrected chi connectivity index (χ1v) is 3.96. The lowest BCUT2D eigenvalue weighted by atomic mass is 10.1. The van der Waals surface area contributed by atoms with Gasteiger partial charge in [-0.2, -0.15) is 0 Å². The fraction of sp³-hybridized carbons (Fsp3) is 0.750. The van der Waals surface area contributed by atoms with Crippen LogP contribution in [0.25, 0.3) is 0 Å². The first-order valence-electron chi connectivity index (χ1n) is 3.96. The number of carbonyl (C=O) groups excluding carboxylic acids is 1. The highest BCUT2D eigenvalue weighted by atomic mass is 16.5. The maximum atomic E-state index is 10.8. The van der Waals surface area contributed by atoms with Crippen LogP contribution >= 0.6 is 0 Å². The van der Waals surface area contributed by atoms with Gasteiger partial charge in [0.25, 0.3) is 0 Å². The summed E-state index contributed by atoms with van der Waals surface area (Å²) in [5.74, 6) is -1.68. The molecule has 0 radical (unpaired) electrons. The zero-order chi connectivity index (χ0) is 9.56. The van der Waals surface area contributed by atoms with Gasteiger partial charge in [-0.15, -0.1) is 0 Å². The van der Waals surface area contributed by atoms with E-state index in [4.69, 9.17) is 5.11 Å². The number of esters is 1. The molecule has 1 unspecified atom stereocenters. The summed E-state index contributed by atoms with van der Waals surface area (Å²) >= 11 is 0. The average Bonchev–Trinajstić information content (AvgIpc) is 2.00. The van der Waals surface area contributed by atoms with Crippen molar-refractivity contribution in [1.82, 2.24) is 0 Å². The molecule has 0 saturated heterocycles. The minimum Gasteiger partial charge on any atom is -0.481 e. The molecule has 1 atom stereocenters. The van der Waals surface area contributed by atoms with Gasteiger partial charge in [0.15, 0.2) is 0 Å². The predicted octanol–water partition coefficient (Wildman–Crippen LogP) is 1.05. The molecular weight excluding hydrogens is 160 g/mol. The van der Waals surface area contributed by atoms with Gasteiger partial charge in [-0.05, 0) is 13.3 Å². The second kappa shape index (κ2) is 5.57. The van der Waals surface area contributed by atoms with Gasteiger partial charge in [-0.25, -0.2) is 0 Å². The number of carboxylic acid groups (broad SMARTS) is 1. The Hall–Kier alpha value is -1.06. The number of hydrogen-bond acceptors (Lipinski definition) is 3. The van der Waals surface area contributed by atoms with Crippen molar-refractivity contribution in [2.45, 2.75) is 26.7 Å². The lowest BCUT2D eigenvalue weighted by Gasteiger charge is -2.04. The average molecular weight is 174 g/mol. The van der Waals surface area contributed by atoms with E-state index >= 15 is 0 Å². The molecule has 0 rings (SSSR count). The van der Waals surface area contributed by atoms with E-state index in [0.29, 0.717) is 13.0 Å². The predicted molar refractivity (Wildman–Crippen MR) is 42.7 cm³/mol. The topological polar surface area (TPSA) is 63.6 Å². The van der Waals surface area contributed by atoms with Crippen molar-refractivity contribution in [1.29, 1.82) is 0 Å². The van der Waals surface area contributed by atoms with Crippen molar-refractivity contribution in [2.24, 2.45) is 5.92 Å². The molecule has 0 amide bonds. The van der Waals surface area contributed by atoms with Crippen LogP contribution < -0.4 is 0 Å². The Kier molecular flexibility index (Phi) is 5.08. The third kappa shape index (κ3) is 4.71. The van der Waals surface area contributed by atoms with Crippen molar-refractivity contribution >= 4 is 11.9 Å². The van der Waals surface area contributed by atoms with Crippen LogP contribution in [0.4, 0.5) is 0 Å². The fourth-order valence-corrected chi connectivity index (χ4v) is 0.691. The van der Waals surface area contributed by atoms with Gasteiger partial charge in [0.05, 0.1) is 12.5 Å². The normalized spacial score (nSPS) is 12.2. The van der Waals surface area contributed by atoms with Crippen molar-refractivity contribution in [3.8, 4) is 0 Å². The third-order valence-corrected chi connectivity index (χ3v) is 1.51. The lowest BCUT2D eigenvalue weighted by molar-refractivity contribution is -0.144. The quantitative estimate of drug-likeness (QED) is 0.633. The molecule has 12 heavy (non-hydrogen) atoms. The summed E-state index contributed by atoms with van der Waals surface area (Å²) in [6.07, 6.45) is 0.523. The largest absolute Gasteiger partial charge is 0.481 e. The van der Waals surface area contributed by atoms with E-state index < -0.39 is 11.9 Å². The highest BCUT2D eigenvalue weighted by Gasteiger charge is 2.12. The van der Waals surface area contributed by atoms with E-state index in [-0.39, 0.29) is 12.4 Å². The molecule has 0 aromatic rings. The number of hydrogen-bond donors (Lipinski definition) is 1. The molecule has 1 N–H and O–H groups in total. The molecule has 4 heteroatoms. The molecule has 0 aromatic heterocycles. The van der Waals surface area contributed by atoms with Gasteiger partial charge >= 0.3 is 11.9 Å². The van der Waals surface area contributed by atoms with E-state index in [9.17, 15) is 9.59 Å². The maximum Gasteiger partial charge on any atom is 0.306 e. The monoisotopic (exact) mass is 174 g/mol. The van der Waals surface area contributed by atoms with Crippen LogP contribution in [0.1, 0.15) is 26.7 Å². The molecule has 0 saturated carbocycles. The molecule has 0 fully saturated rings. The molecular formula is C8H14O4. The summed E-state index contributed by atoms with van der Waals surface area (Å²) < 4.78 is 4.64. The second-order valence-corrected chi connectivity index (χ2v) is 2.58. The Balaban J connectivity index is 3.54. The molecule has 0 aliphatic heterocycles. The minimum absolute atomic E-state index is 0.182. The van der Waals surface area contributed by atoms with Crippen molar-refractivity contribution in [3.63, 3.8) is 0 Å². The summed E-state index contributed by atoms with van der Waals surface area (Å²) in [7, 11) is 0. The Morgan fingerprint density at radius 2 is 2.08 bits per heavy atom. The first-order chi connectivity index (χ1) is 5.57. The van der Waals surface area contributed by atoms with Crippen LogP contribution in [0.2, 0.25) is 0 Å². The molecule has 0 spiro atoms. The van der Waals surface area contributed by atoms with Gasteiger partial charge in [0.1, 0.15) is 0 Å². The van der Waals surface area contributed by atoms with Crippen LogP contribution in [0.3, 0.4) is 0 Å². The Morgan fingerprint density at radius 1 is 1.50 bits per heavy atom. The first kappa shape index (κ1) is 10.9. The highest BCUT2D eigenvalue weighted by Crippen LogP contribution is 2.05. The number of carbonyl (C=O) groups is 2. The molecule has 0 aromatic carbocycles. The number of carboxylic acids is 1. The second-order valence-electron chi connectivity index (χ2n) is 2.58. The highest BCUT2D eigenvalue weighted by molar-refractivity contribution is 5.72. The fourth-order valence-electron chi connectivity index (χ4n) is 0.691.